The fourth-order valence-electron chi connectivity index (χ4n) is 3.00. The lowest BCUT2D eigenvalue weighted by Crippen LogP contribution is -2.60. The van der Waals surface area contributed by atoms with Gasteiger partial charge in [-0.05, 0) is 26.0 Å². The minimum atomic E-state index is -1.26. The van der Waals surface area contributed by atoms with Gasteiger partial charge in [0.05, 0.1) is 6.21 Å². The number of carbonyl (C=O) groups excluding carboxylic acids is 1. The molecule has 9 nitrogen and oxygen atoms in total. The van der Waals surface area contributed by atoms with Gasteiger partial charge in [-0.15, -0.1) is 0 Å². The normalized spacial score (nSPS) is 33.2. The predicted molar refractivity (Wildman–Crippen MR) is 89.3 cm³/mol. The molecule has 142 valence electrons. The van der Waals surface area contributed by atoms with Gasteiger partial charge in [-0.2, -0.15) is 5.10 Å². The molecule has 1 aromatic rings. The van der Waals surface area contributed by atoms with Crippen molar-refractivity contribution in [3.63, 3.8) is 0 Å². The van der Waals surface area contributed by atoms with Gasteiger partial charge in [-0.3, -0.25) is 4.79 Å². The maximum atomic E-state index is 12.4. The van der Waals surface area contributed by atoms with Crippen molar-refractivity contribution in [3.8, 4) is 5.75 Å². The number of amides is 1. The molecule has 5 atom stereocenters. The highest BCUT2D eigenvalue weighted by atomic mass is 16.8. The number of hydrogen-bond donors (Lipinski definition) is 3. The number of benzene rings is 1. The van der Waals surface area contributed by atoms with E-state index >= 15 is 0 Å². The van der Waals surface area contributed by atoms with E-state index in [0.29, 0.717) is 5.56 Å². The highest BCUT2D eigenvalue weighted by Crippen LogP contribution is 2.37. The quantitative estimate of drug-likeness (QED) is 0.511. The summed E-state index contributed by atoms with van der Waals surface area (Å²) >= 11 is 0. The van der Waals surface area contributed by atoms with Gasteiger partial charge >= 0.3 is 0 Å². The highest BCUT2D eigenvalue weighted by Gasteiger charge is 2.56. The van der Waals surface area contributed by atoms with Gasteiger partial charge in [0.1, 0.15) is 24.1 Å². The van der Waals surface area contributed by atoms with Crippen molar-refractivity contribution < 1.29 is 34.0 Å². The molecule has 3 N–H and O–H groups in total. The Morgan fingerprint density at radius 1 is 1.31 bits per heavy atom. The monoisotopic (exact) mass is 366 g/mol. The van der Waals surface area contributed by atoms with Crippen LogP contribution < -0.4 is 5.43 Å². The molecule has 0 radical (unpaired) electrons. The van der Waals surface area contributed by atoms with Gasteiger partial charge in [-0.1, -0.05) is 12.1 Å². The van der Waals surface area contributed by atoms with E-state index in [2.05, 4.69) is 10.5 Å². The van der Waals surface area contributed by atoms with Crippen LogP contribution in [0.15, 0.2) is 29.4 Å². The van der Waals surface area contributed by atoms with Crippen LogP contribution in [-0.2, 0) is 23.7 Å². The summed E-state index contributed by atoms with van der Waals surface area (Å²) in [6.45, 7) is 3.41. The zero-order valence-electron chi connectivity index (χ0n) is 14.7. The van der Waals surface area contributed by atoms with Crippen molar-refractivity contribution in [2.75, 3.05) is 7.11 Å². The van der Waals surface area contributed by atoms with Crippen molar-refractivity contribution in [2.45, 2.75) is 50.3 Å². The summed E-state index contributed by atoms with van der Waals surface area (Å²) in [6.07, 6.45) is -3.52. The zero-order chi connectivity index (χ0) is 18.9. The molecule has 0 bridgehead atoms. The molecule has 2 fully saturated rings. The van der Waals surface area contributed by atoms with Gasteiger partial charge < -0.3 is 29.2 Å². The molecule has 3 rings (SSSR count). The zero-order valence-corrected chi connectivity index (χ0v) is 14.7. The Kier molecular flexibility index (Phi) is 5.26. The number of phenols is 1. The van der Waals surface area contributed by atoms with Crippen molar-refractivity contribution in [1.82, 2.24) is 5.43 Å². The second kappa shape index (κ2) is 7.29. The number of aliphatic hydroxyl groups is 1. The van der Waals surface area contributed by atoms with Crippen LogP contribution >= 0.6 is 0 Å². The van der Waals surface area contributed by atoms with Crippen molar-refractivity contribution in [2.24, 2.45) is 5.10 Å². The molecule has 2 aliphatic heterocycles. The molecular weight excluding hydrogens is 344 g/mol. The van der Waals surface area contributed by atoms with Crippen molar-refractivity contribution in [3.05, 3.63) is 29.8 Å². The molecule has 2 aliphatic rings. The molecule has 2 saturated heterocycles. The predicted octanol–water partition coefficient (Wildman–Crippen LogP) is 0.0946. The lowest BCUT2D eigenvalue weighted by atomic mass is 9.98. The van der Waals surface area contributed by atoms with Gasteiger partial charge in [0, 0.05) is 12.7 Å². The Morgan fingerprint density at radius 3 is 2.69 bits per heavy atom. The van der Waals surface area contributed by atoms with Gasteiger partial charge in [0.2, 0.25) is 0 Å². The maximum Gasteiger partial charge on any atom is 0.272 e. The summed E-state index contributed by atoms with van der Waals surface area (Å²) in [5.74, 6) is -1.57. The van der Waals surface area contributed by atoms with Gasteiger partial charge in [0.25, 0.3) is 5.91 Å². The van der Waals surface area contributed by atoms with Crippen LogP contribution in [0.4, 0.5) is 0 Å². The van der Waals surface area contributed by atoms with E-state index in [-0.39, 0.29) is 5.75 Å². The first-order chi connectivity index (χ1) is 12.3. The highest BCUT2D eigenvalue weighted by molar-refractivity contribution is 5.86. The molecule has 0 aliphatic carbocycles. The standard InChI is InChI=1S/C17H22N2O7/c1-17(2)25-12-11(21)13(24-16(23-3)14(12)26-17)15(22)19-18-8-9-6-4-5-7-10(9)20/h4-8,11-14,16,20-21H,1-3H3,(H,19,22)/b18-8+/t11-,12-,13-,14-,16-/m0/s1. The molecule has 2 heterocycles. The summed E-state index contributed by atoms with van der Waals surface area (Å²) in [7, 11) is 1.42. The first kappa shape index (κ1) is 18.7. The number of para-hydroxylation sites is 1. The number of aliphatic hydroxyl groups excluding tert-OH is 1. The summed E-state index contributed by atoms with van der Waals surface area (Å²) in [5.41, 5.74) is 2.72. The molecule has 1 amide bonds. The van der Waals surface area contributed by atoms with Crippen molar-refractivity contribution in [1.29, 1.82) is 0 Å². The van der Waals surface area contributed by atoms with Gasteiger partial charge in [0.15, 0.2) is 18.2 Å². The molecule has 0 spiro atoms. The lowest BCUT2D eigenvalue weighted by molar-refractivity contribution is -0.261. The topological polar surface area (TPSA) is 119 Å². The van der Waals surface area contributed by atoms with Crippen LogP contribution in [0.5, 0.6) is 5.75 Å². The Labute approximate surface area is 150 Å². The average Bonchev–Trinajstić information content (AvgIpc) is 2.93. The fourth-order valence-corrected chi connectivity index (χ4v) is 3.00. The third-order valence-electron chi connectivity index (χ3n) is 4.17. The molecule has 9 heteroatoms. The second-order valence-corrected chi connectivity index (χ2v) is 6.51. The Balaban J connectivity index is 1.68. The van der Waals surface area contributed by atoms with E-state index in [1.54, 1.807) is 32.0 Å². The number of hydrogen-bond acceptors (Lipinski definition) is 8. The van der Waals surface area contributed by atoms with E-state index in [0.717, 1.165) is 0 Å². The van der Waals surface area contributed by atoms with Crippen LogP contribution in [0.1, 0.15) is 19.4 Å². The fraction of sp³-hybridized carbons (Fsp3) is 0.529. The minimum Gasteiger partial charge on any atom is -0.507 e. The number of methoxy groups -OCH3 is 1. The lowest BCUT2D eigenvalue weighted by Gasteiger charge is -2.38. The summed E-state index contributed by atoms with van der Waals surface area (Å²) in [5, 5.41) is 23.9. The Bertz CT molecular complexity index is 693. The number of nitrogens with zero attached hydrogens (tertiary/aromatic N) is 1. The molecule has 0 saturated carbocycles. The average molecular weight is 366 g/mol. The smallest absolute Gasteiger partial charge is 0.272 e. The third-order valence-corrected chi connectivity index (χ3v) is 4.17. The second-order valence-electron chi connectivity index (χ2n) is 6.51. The number of fused-ring (bicyclic) bond motifs is 1. The number of nitrogens with one attached hydrogen (secondary N) is 1. The minimum absolute atomic E-state index is 0.0282. The van der Waals surface area contributed by atoms with E-state index in [1.165, 1.54) is 19.4 Å². The SMILES string of the molecule is CO[C@H]1O[C@H](C(=O)N/N=C/c2ccccc2O)[C@@H](O)[C@@H]2OC(C)(C)O[C@H]12. The Hall–Kier alpha value is -2.04. The van der Waals surface area contributed by atoms with E-state index in [4.69, 9.17) is 18.9 Å². The van der Waals surface area contributed by atoms with E-state index < -0.39 is 42.4 Å². The van der Waals surface area contributed by atoms with Crippen LogP contribution in [0.3, 0.4) is 0 Å². The first-order valence-corrected chi connectivity index (χ1v) is 8.15. The van der Waals surface area contributed by atoms with E-state index in [1.807, 2.05) is 0 Å². The first-order valence-electron chi connectivity index (χ1n) is 8.15. The number of hydrazone groups is 1. The van der Waals surface area contributed by atoms with Crippen LogP contribution in [-0.4, -0.2) is 65.9 Å². The van der Waals surface area contributed by atoms with E-state index in [9.17, 15) is 15.0 Å². The number of rotatable bonds is 4. The number of carbonyl (C=O) groups is 1. The largest absolute Gasteiger partial charge is 0.507 e. The third kappa shape index (κ3) is 3.71. The maximum absolute atomic E-state index is 12.4. The van der Waals surface area contributed by atoms with Crippen LogP contribution in [0.2, 0.25) is 0 Å². The van der Waals surface area contributed by atoms with Crippen LogP contribution in [0, 0.1) is 0 Å². The number of phenolic OH excluding ortho intramolecular Hbond substituents is 1. The molecule has 26 heavy (non-hydrogen) atoms. The van der Waals surface area contributed by atoms with Crippen molar-refractivity contribution >= 4 is 12.1 Å². The molecule has 1 aromatic carbocycles. The Morgan fingerprint density at radius 2 is 2.00 bits per heavy atom. The summed E-state index contributed by atoms with van der Waals surface area (Å²) in [6, 6.07) is 6.53. The van der Waals surface area contributed by atoms with Gasteiger partial charge in [-0.25, -0.2) is 5.43 Å². The molecule has 0 aromatic heterocycles. The summed E-state index contributed by atoms with van der Waals surface area (Å²) < 4.78 is 22.1. The van der Waals surface area contributed by atoms with Crippen LogP contribution in [0.25, 0.3) is 0 Å². The number of ether oxygens (including phenoxy) is 4. The number of aromatic hydroxyl groups is 1. The molecular formula is C17H22N2O7. The molecule has 0 unspecified atom stereocenters. The summed E-state index contributed by atoms with van der Waals surface area (Å²) in [4.78, 5) is 12.4.